The molecule has 3 aromatic rings. The monoisotopic (exact) mass is 463 g/mol. The van der Waals surface area contributed by atoms with E-state index in [4.69, 9.17) is 0 Å². The van der Waals surface area contributed by atoms with E-state index >= 15 is 0 Å². The molecule has 1 atom stereocenters. The van der Waals surface area contributed by atoms with Crippen molar-refractivity contribution in [2.45, 2.75) is 18.8 Å². The van der Waals surface area contributed by atoms with Crippen molar-refractivity contribution in [3.63, 3.8) is 0 Å². The molecule has 0 spiro atoms. The summed E-state index contributed by atoms with van der Waals surface area (Å²) in [4.78, 5) is 0. The van der Waals surface area contributed by atoms with E-state index in [-0.39, 0.29) is 5.92 Å². The molecule has 1 unspecified atom stereocenters. The van der Waals surface area contributed by atoms with Gasteiger partial charge in [-0.15, -0.1) is 0 Å². The highest BCUT2D eigenvalue weighted by molar-refractivity contribution is 9.11. The molecule has 0 saturated carbocycles. The van der Waals surface area contributed by atoms with Gasteiger partial charge in [-0.1, -0.05) is 76.6 Å². The van der Waals surface area contributed by atoms with Crippen LogP contribution in [0.1, 0.15) is 34.7 Å². The molecule has 31 heavy (non-hydrogen) atoms. The topological polar surface area (TPSA) is 52.5 Å². The molecule has 2 aromatic carbocycles. The molecule has 2 aliphatic carbocycles. The number of nitriles is 2. The first-order valence-electron chi connectivity index (χ1n) is 10.2. The maximum Gasteiger partial charge on any atom is 0.101 e. The smallest absolute Gasteiger partial charge is 0.101 e. The van der Waals surface area contributed by atoms with Crippen LogP contribution in [0.25, 0.3) is 22.7 Å². The van der Waals surface area contributed by atoms with Gasteiger partial charge in [-0.05, 0) is 34.7 Å². The molecule has 4 heteroatoms. The van der Waals surface area contributed by atoms with E-state index < -0.39 is 0 Å². The quantitative estimate of drug-likeness (QED) is 0.417. The number of halogens is 1. The van der Waals surface area contributed by atoms with Gasteiger partial charge in [0, 0.05) is 34.6 Å². The third-order valence-electron chi connectivity index (χ3n) is 5.88. The number of fused-ring (bicyclic) bond motifs is 3. The Hall–Kier alpha value is -3.60. The molecular weight excluding hydrogens is 446 g/mol. The van der Waals surface area contributed by atoms with Crippen molar-refractivity contribution in [2.24, 2.45) is 0 Å². The molecule has 0 saturated heterocycles. The number of nitrogens with zero attached hydrogens (tertiary/aromatic N) is 3. The minimum absolute atomic E-state index is 0.00556. The summed E-state index contributed by atoms with van der Waals surface area (Å²) < 4.78 is 3.25. The summed E-state index contributed by atoms with van der Waals surface area (Å²) in [6.45, 7) is 0. The van der Waals surface area contributed by atoms with Crippen molar-refractivity contribution in [3.05, 3.63) is 105 Å². The molecule has 2 aliphatic rings. The molecule has 0 bridgehead atoms. The number of allylic oxidation sites excluding steroid dienone is 7. The SMILES string of the molecule is N#CC1=CC(c2cccc(C#N)c2-n2c3c(c4ccccc42)C=CC=CC3)CC(Br)=C1. The Morgan fingerprint density at radius 2 is 1.87 bits per heavy atom. The summed E-state index contributed by atoms with van der Waals surface area (Å²) in [6.07, 6.45) is 13.9. The molecule has 1 aromatic heterocycles. The molecule has 0 N–H and O–H groups in total. The van der Waals surface area contributed by atoms with Crippen molar-refractivity contribution in [3.8, 4) is 17.8 Å². The van der Waals surface area contributed by atoms with E-state index in [1.54, 1.807) is 0 Å². The first-order chi connectivity index (χ1) is 15.2. The molecule has 0 radical (unpaired) electrons. The number of rotatable bonds is 2. The second-order valence-corrected chi connectivity index (χ2v) is 8.71. The number of para-hydroxylation sites is 2. The Kier molecular flexibility index (Phi) is 4.94. The minimum atomic E-state index is 0.00556. The molecule has 0 fully saturated rings. The van der Waals surface area contributed by atoms with Gasteiger partial charge in [0.05, 0.1) is 22.8 Å². The van der Waals surface area contributed by atoms with E-state index in [0.717, 1.165) is 34.1 Å². The van der Waals surface area contributed by atoms with Crippen LogP contribution >= 0.6 is 15.9 Å². The van der Waals surface area contributed by atoms with E-state index in [9.17, 15) is 10.5 Å². The van der Waals surface area contributed by atoms with Crippen LogP contribution < -0.4 is 0 Å². The van der Waals surface area contributed by atoms with Crippen LogP contribution in [0, 0.1) is 22.7 Å². The van der Waals surface area contributed by atoms with E-state index in [1.165, 1.54) is 16.6 Å². The van der Waals surface area contributed by atoms with Gasteiger partial charge in [0.15, 0.2) is 0 Å². The Morgan fingerprint density at radius 1 is 1.00 bits per heavy atom. The van der Waals surface area contributed by atoms with Crippen LogP contribution in [0.4, 0.5) is 0 Å². The Labute approximate surface area is 189 Å². The number of hydrogen-bond donors (Lipinski definition) is 0. The highest BCUT2D eigenvalue weighted by Gasteiger charge is 2.25. The van der Waals surface area contributed by atoms with Gasteiger partial charge in [0.25, 0.3) is 0 Å². The Morgan fingerprint density at radius 3 is 2.71 bits per heavy atom. The predicted octanol–water partition coefficient (Wildman–Crippen LogP) is 6.84. The van der Waals surface area contributed by atoms with Crippen molar-refractivity contribution >= 4 is 32.9 Å². The van der Waals surface area contributed by atoms with Crippen LogP contribution in [0.2, 0.25) is 0 Å². The summed E-state index contributed by atoms with van der Waals surface area (Å²) in [5.74, 6) is 0.00556. The average molecular weight is 464 g/mol. The summed E-state index contributed by atoms with van der Waals surface area (Å²) in [5, 5.41) is 20.7. The molecule has 3 nitrogen and oxygen atoms in total. The molecule has 148 valence electrons. The lowest BCUT2D eigenvalue weighted by molar-refractivity contribution is 0.823. The largest absolute Gasteiger partial charge is 0.311 e. The number of hydrogen-bond acceptors (Lipinski definition) is 2. The van der Waals surface area contributed by atoms with Gasteiger partial charge in [0.2, 0.25) is 0 Å². The first kappa shape index (κ1) is 19.4. The first-order valence-corrected chi connectivity index (χ1v) is 11.0. The van der Waals surface area contributed by atoms with Crippen LogP contribution in [0.15, 0.2) is 82.9 Å². The van der Waals surface area contributed by atoms with E-state index in [0.29, 0.717) is 11.1 Å². The van der Waals surface area contributed by atoms with Crippen LogP contribution in [0.3, 0.4) is 0 Å². The highest BCUT2D eigenvalue weighted by atomic mass is 79.9. The van der Waals surface area contributed by atoms with Crippen LogP contribution in [0.5, 0.6) is 0 Å². The zero-order chi connectivity index (χ0) is 21.4. The standard InChI is InChI=1S/C27H18BrN3/c28-21-14-18(16-29)13-20(15-21)22-10-6-7-19(17-30)27(22)31-25-11-3-1-2-8-23(25)24-9-4-5-12-26(24)31/h1-10,12-14,20H,11,15H2. The lowest BCUT2D eigenvalue weighted by Crippen LogP contribution is -2.10. The summed E-state index contributed by atoms with van der Waals surface area (Å²) in [7, 11) is 0. The fraction of sp³-hybridized carbons (Fsp3) is 0.111. The lowest BCUT2D eigenvalue weighted by atomic mass is 9.87. The zero-order valence-electron chi connectivity index (χ0n) is 16.7. The second kappa shape index (κ2) is 7.91. The minimum Gasteiger partial charge on any atom is -0.311 e. The second-order valence-electron chi connectivity index (χ2n) is 7.70. The molecule has 5 rings (SSSR count). The van der Waals surface area contributed by atoms with Gasteiger partial charge < -0.3 is 4.57 Å². The molecule has 1 heterocycles. The van der Waals surface area contributed by atoms with E-state index in [2.05, 4.69) is 81.2 Å². The third kappa shape index (κ3) is 3.26. The van der Waals surface area contributed by atoms with Crippen molar-refractivity contribution in [2.75, 3.05) is 0 Å². The Bertz CT molecular complexity index is 1420. The fourth-order valence-electron chi connectivity index (χ4n) is 4.60. The fourth-order valence-corrected chi connectivity index (χ4v) is 5.20. The van der Waals surface area contributed by atoms with Gasteiger partial charge >= 0.3 is 0 Å². The predicted molar refractivity (Wildman–Crippen MR) is 128 cm³/mol. The van der Waals surface area contributed by atoms with Crippen molar-refractivity contribution in [1.29, 1.82) is 10.5 Å². The van der Waals surface area contributed by atoms with Crippen LogP contribution in [-0.2, 0) is 6.42 Å². The lowest BCUT2D eigenvalue weighted by Gasteiger charge is -2.23. The van der Waals surface area contributed by atoms with Gasteiger partial charge in [-0.2, -0.15) is 10.5 Å². The van der Waals surface area contributed by atoms with Gasteiger partial charge in [0.1, 0.15) is 6.07 Å². The van der Waals surface area contributed by atoms with Crippen molar-refractivity contribution in [1.82, 2.24) is 4.57 Å². The number of aromatic nitrogens is 1. The summed E-state index contributed by atoms with van der Waals surface area (Å²) in [5.41, 5.74) is 6.69. The van der Waals surface area contributed by atoms with Gasteiger partial charge in [-0.3, -0.25) is 0 Å². The van der Waals surface area contributed by atoms with Crippen molar-refractivity contribution < 1.29 is 0 Å². The average Bonchev–Trinajstić information content (AvgIpc) is 2.93. The highest BCUT2D eigenvalue weighted by Crippen LogP contribution is 2.40. The molecule has 0 aliphatic heterocycles. The van der Waals surface area contributed by atoms with E-state index in [1.807, 2.05) is 30.4 Å². The zero-order valence-corrected chi connectivity index (χ0v) is 18.3. The normalized spacial score (nSPS) is 17.3. The van der Waals surface area contributed by atoms with Crippen LogP contribution in [-0.4, -0.2) is 4.57 Å². The van der Waals surface area contributed by atoms with Gasteiger partial charge in [-0.25, -0.2) is 0 Å². The number of benzene rings is 2. The molecule has 0 amide bonds. The third-order valence-corrected chi connectivity index (χ3v) is 6.44. The molecular formula is C27H18BrN3. The summed E-state index contributed by atoms with van der Waals surface area (Å²) in [6, 6.07) is 18.9. The Balaban J connectivity index is 1.85. The maximum atomic E-state index is 10.0. The summed E-state index contributed by atoms with van der Waals surface area (Å²) >= 11 is 3.61. The maximum absolute atomic E-state index is 10.0.